The predicted octanol–water partition coefficient (Wildman–Crippen LogP) is 2.41. The van der Waals surface area contributed by atoms with Gasteiger partial charge in [-0.1, -0.05) is 20.8 Å². The molecule has 0 heterocycles. The molecule has 0 aliphatic rings. The maximum atomic E-state index is 9.00. The number of rotatable bonds is 6. The van der Waals surface area contributed by atoms with Gasteiger partial charge in [0.05, 0.1) is 6.07 Å². The van der Waals surface area contributed by atoms with Crippen molar-refractivity contribution in [2.24, 2.45) is 0 Å². The Labute approximate surface area is 86.1 Å². The summed E-state index contributed by atoms with van der Waals surface area (Å²) in [7, 11) is 0. The van der Waals surface area contributed by atoms with Crippen molar-refractivity contribution in [2.45, 2.75) is 44.9 Å². The molecule has 0 bridgehead atoms. The molecule has 0 aromatic heterocycles. The van der Waals surface area contributed by atoms with Gasteiger partial charge in [-0.05, 0) is 25.1 Å². The Hall–Kier alpha value is -0.200. The first-order chi connectivity index (χ1) is 6.04. The molecule has 0 aliphatic carbocycles. The lowest BCUT2D eigenvalue weighted by atomic mass is 10.1. The van der Waals surface area contributed by atoms with Crippen LogP contribution in [0.2, 0.25) is 0 Å². The third-order valence-electron chi connectivity index (χ3n) is 1.72. The van der Waals surface area contributed by atoms with E-state index in [2.05, 4.69) is 32.2 Å². The Balaban J connectivity index is 3.90. The van der Waals surface area contributed by atoms with Crippen molar-refractivity contribution >= 4 is 11.8 Å². The van der Waals surface area contributed by atoms with Crippen LogP contribution in [0.1, 0.15) is 34.1 Å². The first-order valence-corrected chi connectivity index (χ1v) is 5.87. The maximum Gasteiger partial charge on any atom is 0.113 e. The van der Waals surface area contributed by atoms with Crippen LogP contribution < -0.4 is 5.32 Å². The molecule has 0 amide bonds. The van der Waals surface area contributed by atoms with Gasteiger partial charge >= 0.3 is 0 Å². The summed E-state index contributed by atoms with van der Waals surface area (Å²) in [4.78, 5) is 0. The highest BCUT2D eigenvalue weighted by atomic mass is 32.2. The lowest BCUT2D eigenvalue weighted by Crippen LogP contribution is -2.44. The molecule has 0 saturated carbocycles. The average molecular weight is 200 g/mol. The van der Waals surface area contributed by atoms with Gasteiger partial charge in [0.2, 0.25) is 0 Å². The largest absolute Gasteiger partial charge is 0.299 e. The zero-order chi connectivity index (χ0) is 10.3. The van der Waals surface area contributed by atoms with E-state index in [4.69, 9.17) is 5.26 Å². The number of hydrogen-bond acceptors (Lipinski definition) is 3. The normalized spacial score (nSPS) is 15.4. The van der Waals surface area contributed by atoms with E-state index in [-0.39, 0.29) is 5.54 Å². The minimum atomic E-state index is -0.356. The Morgan fingerprint density at radius 1 is 1.54 bits per heavy atom. The van der Waals surface area contributed by atoms with Crippen molar-refractivity contribution in [3.63, 3.8) is 0 Å². The van der Waals surface area contributed by atoms with Gasteiger partial charge in [0.15, 0.2) is 0 Å². The van der Waals surface area contributed by atoms with Crippen molar-refractivity contribution in [2.75, 3.05) is 12.3 Å². The molecule has 0 aliphatic heterocycles. The van der Waals surface area contributed by atoms with Crippen LogP contribution in [0.5, 0.6) is 0 Å². The summed E-state index contributed by atoms with van der Waals surface area (Å²) in [5, 5.41) is 12.9. The van der Waals surface area contributed by atoms with E-state index in [1.807, 2.05) is 18.7 Å². The third-order valence-corrected chi connectivity index (χ3v) is 3.13. The first-order valence-electron chi connectivity index (χ1n) is 4.82. The van der Waals surface area contributed by atoms with Crippen LogP contribution in [0.3, 0.4) is 0 Å². The number of nitriles is 1. The minimum absolute atomic E-state index is 0.356. The molecule has 0 aromatic rings. The standard InChI is InChI=1S/C10H20N2S/c1-5-6-12-10(4,7-11)8-13-9(2)3/h9,12H,5-6,8H2,1-4H3. The topological polar surface area (TPSA) is 35.8 Å². The van der Waals surface area contributed by atoms with Crippen LogP contribution in [0, 0.1) is 11.3 Å². The molecule has 2 nitrogen and oxygen atoms in total. The van der Waals surface area contributed by atoms with Crippen LogP contribution in [0.15, 0.2) is 0 Å². The molecule has 1 atom stereocenters. The van der Waals surface area contributed by atoms with Gasteiger partial charge in [-0.25, -0.2) is 0 Å². The summed E-state index contributed by atoms with van der Waals surface area (Å²) >= 11 is 1.83. The summed E-state index contributed by atoms with van der Waals surface area (Å²) in [6, 6.07) is 2.34. The number of nitrogens with zero attached hydrogens (tertiary/aromatic N) is 1. The smallest absolute Gasteiger partial charge is 0.113 e. The summed E-state index contributed by atoms with van der Waals surface area (Å²) in [5.41, 5.74) is -0.356. The van der Waals surface area contributed by atoms with E-state index in [1.165, 1.54) is 0 Å². The number of hydrogen-bond donors (Lipinski definition) is 1. The molecule has 13 heavy (non-hydrogen) atoms. The summed E-state index contributed by atoms with van der Waals surface area (Å²) in [6.45, 7) is 9.31. The molecule has 1 unspecified atom stereocenters. The van der Waals surface area contributed by atoms with Gasteiger partial charge in [0, 0.05) is 5.75 Å². The molecule has 0 aromatic carbocycles. The van der Waals surface area contributed by atoms with E-state index in [0.29, 0.717) is 5.25 Å². The van der Waals surface area contributed by atoms with Crippen molar-refractivity contribution < 1.29 is 0 Å². The second-order valence-corrected chi connectivity index (χ2v) is 5.30. The lowest BCUT2D eigenvalue weighted by molar-refractivity contribution is 0.493. The Morgan fingerprint density at radius 2 is 2.15 bits per heavy atom. The van der Waals surface area contributed by atoms with Crippen molar-refractivity contribution in [3.8, 4) is 6.07 Å². The number of nitrogens with one attached hydrogen (secondary N) is 1. The SMILES string of the molecule is CCCNC(C)(C#N)CSC(C)C. The quantitative estimate of drug-likeness (QED) is 0.715. The van der Waals surface area contributed by atoms with Crippen LogP contribution in [-0.2, 0) is 0 Å². The molecular weight excluding hydrogens is 180 g/mol. The molecule has 0 saturated heterocycles. The third kappa shape index (κ3) is 5.95. The van der Waals surface area contributed by atoms with Gasteiger partial charge in [-0.15, -0.1) is 0 Å². The second kappa shape index (κ2) is 6.28. The molecule has 0 spiro atoms. The lowest BCUT2D eigenvalue weighted by Gasteiger charge is -2.23. The minimum Gasteiger partial charge on any atom is -0.299 e. The van der Waals surface area contributed by atoms with Crippen LogP contribution >= 0.6 is 11.8 Å². The van der Waals surface area contributed by atoms with Gasteiger partial charge in [-0.3, -0.25) is 5.32 Å². The molecule has 0 radical (unpaired) electrons. The fourth-order valence-electron chi connectivity index (χ4n) is 0.857. The average Bonchev–Trinajstić information content (AvgIpc) is 2.11. The summed E-state index contributed by atoms with van der Waals surface area (Å²) in [6.07, 6.45) is 1.07. The van der Waals surface area contributed by atoms with E-state index in [0.717, 1.165) is 18.7 Å². The Kier molecular flexibility index (Phi) is 6.19. The molecule has 0 fully saturated rings. The highest BCUT2D eigenvalue weighted by molar-refractivity contribution is 7.99. The van der Waals surface area contributed by atoms with E-state index in [1.54, 1.807) is 0 Å². The maximum absolute atomic E-state index is 9.00. The van der Waals surface area contributed by atoms with Crippen LogP contribution in [-0.4, -0.2) is 23.1 Å². The van der Waals surface area contributed by atoms with E-state index in [9.17, 15) is 0 Å². The number of thioether (sulfide) groups is 1. The van der Waals surface area contributed by atoms with E-state index >= 15 is 0 Å². The monoisotopic (exact) mass is 200 g/mol. The van der Waals surface area contributed by atoms with Crippen LogP contribution in [0.25, 0.3) is 0 Å². The van der Waals surface area contributed by atoms with Crippen molar-refractivity contribution in [1.82, 2.24) is 5.32 Å². The van der Waals surface area contributed by atoms with Gasteiger partial charge in [-0.2, -0.15) is 17.0 Å². The molecule has 0 rings (SSSR count). The van der Waals surface area contributed by atoms with Crippen molar-refractivity contribution in [3.05, 3.63) is 0 Å². The fourth-order valence-corrected chi connectivity index (χ4v) is 1.69. The molecule has 1 N–H and O–H groups in total. The Morgan fingerprint density at radius 3 is 2.54 bits per heavy atom. The van der Waals surface area contributed by atoms with Crippen LogP contribution in [0.4, 0.5) is 0 Å². The molecule has 76 valence electrons. The zero-order valence-electron chi connectivity index (χ0n) is 9.05. The summed E-state index contributed by atoms with van der Waals surface area (Å²) < 4.78 is 0. The molecule has 3 heteroatoms. The Bertz CT molecular complexity index is 174. The summed E-state index contributed by atoms with van der Waals surface area (Å²) in [5.74, 6) is 0.862. The predicted molar refractivity (Wildman–Crippen MR) is 59.9 cm³/mol. The fraction of sp³-hybridized carbons (Fsp3) is 0.900. The van der Waals surface area contributed by atoms with Gasteiger partial charge < -0.3 is 0 Å². The van der Waals surface area contributed by atoms with E-state index < -0.39 is 0 Å². The first kappa shape index (κ1) is 12.8. The van der Waals surface area contributed by atoms with Gasteiger partial charge in [0.1, 0.15) is 5.54 Å². The van der Waals surface area contributed by atoms with Gasteiger partial charge in [0.25, 0.3) is 0 Å². The van der Waals surface area contributed by atoms with Crippen molar-refractivity contribution in [1.29, 1.82) is 5.26 Å². The molecular formula is C10H20N2S. The highest BCUT2D eigenvalue weighted by Crippen LogP contribution is 2.16. The highest BCUT2D eigenvalue weighted by Gasteiger charge is 2.22. The second-order valence-electron chi connectivity index (χ2n) is 3.73. The zero-order valence-corrected chi connectivity index (χ0v) is 9.87.